The second-order valence-corrected chi connectivity index (χ2v) is 4.07. The maximum absolute atomic E-state index is 11.3. The predicted molar refractivity (Wildman–Crippen MR) is 57.4 cm³/mol. The molecule has 0 unspecified atom stereocenters. The molecule has 0 rings (SSSR count). The van der Waals surface area contributed by atoms with E-state index in [0.717, 1.165) is 0 Å². The first-order chi connectivity index (χ1) is 7.39. The van der Waals surface area contributed by atoms with Crippen molar-refractivity contribution in [3.05, 3.63) is 10.4 Å². The molecule has 0 aromatic carbocycles. The van der Waals surface area contributed by atoms with E-state index in [2.05, 4.69) is 15.3 Å². The maximum Gasteiger partial charge on any atom is 0.408 e. The molecular weight excluding hydrogens is 210 g/mol. The fourth-order valence-electron chi connectivity index (χ4n) is 0.850. The van der Waals surface area contributed by atoms with Crippen LogP contribution >= 0.6 is 0 Å². The van der Waals surface area contributed by atoms with Gasteiger partial charge in [-0.2, -0.15) is 5.26 Å². The van der Waals surface area contributed by atoms with E-state index in [-0.39, 0.29) is 13.0 Å². The lowest BCUT2D eigenvalue weighted by Crippen LogP contribution is -2.38. The molecule has 7 nitrogen and oxygen atoms in total. The van der Waals surface area contributed by atoms with E-state index in [4.69, 9.17) is 15.5 Å². The normalized spacial score (nSPS) is 11.9. The number of amides is 1. The van der Waals surface area contributed by atoms with Crippen molar-refractivity contribution in [1.82, 2.24) is 5.32 Å². The molecule has 0 aromatic heterocycles. The van der Waals surface area contributed by atoms with Gasteiger partial charge >= 0.3 is 6.09 Å². The van der Waals surface area contributed by atoms with Crippen LogP contribution in [0.15, 0.2) is 5.11 Å². The molecule has 7 heteroatoms. The summed E-state index contributed by atoms with van der Waals surface area (Å²) in [5.74, 6) is 0. The van der Waals surface area contributed by atoms with Gasteiger partial charge in [-0.1, -0.05) is 5.11 Å². The largest absolute Gasteiger partial charge is 0.444 e. The zero-order valence-corrected chi connectivity index (χ0v) is 9.60. The van der Waals surface area contributed by atoms with Gasteiger partial charge < -0.3 is 10.1 Å². The number of hydrogen-bond acceptors (Lipinski definition) is 4. The SMILES string of the molecule is CC(C)(C)OC(=O)N[C@H](C#N)CCN=[N+]=[N-]. The Morgan fingerprint density at radius 2 is 2.31 bits per heavy atom. The number of alkyl carbamates (subject to hydrolysis) is 1. The second-order valence-electron chi connectivity index (χ2n) is 4.07. The smallest absolute Gasteiger partial charge is 0.408 e. The number of nitrogens with zero attached hydrogens (tertiary/aromatic N) is 4. The molecule has 0 aliphatic rings. The summed E-state index contributed by atoms with van der Waals surface area (Å²) in [5.41, 5.74) is 7.45. The van der Waals surface area contributed by atoms with Crippen molar-refractivity contribution in [2.75, 3.05) is 6.54 Å². The van der Waals surface area contributed by atoms with E-state index in [9.17, 15) is 4.79 Å². The van der Waals surface area contributed by atoms with Crippen LogP contribution in [0.25, 0.3) is 10.4 Å². The molecule has 0 bridgehead atoms. The maximum atomic E-state index is 11.3. The van der Waals surface area contributed by atoms with E-state index in [0.29, 0.717) is 0 Å². The summed E-state index contributed by atoms with van der Waals surface area (Å²) in [7, 11) is 0. The van der Waals surface area contributed by atoms with Crippen LogP contribution in [0, 0.1) is 11.3 Å². The third-order valence-corrected chi connectivity index (χ3v) is 1.43. The third-order valence-electron chi connectivity index (χ3n) is 1.43. The van der Waals surface area contributed by atoms with Gasteiger partial charge in [0, 0.05) is 11.5 Å². The Balaban J connectivity index is 4.08. The quantitative estimate of drug-likeness (QED) is 0.449. The Bertz CT molecular complexity index is 322. The highest BCUT2D eigenvalue weighted by atomic mass is 16.6. The Hall–Kier alpha value is -1.93. The lowest BCUT2D eigenvalue weighted by atomic mass is 10.2. The van der Waals surface area contributed by atoms with Gasteiger partial charge in [-0.05, 0) is 32.7 Å². The molecule has 16 heavy (non-hydrogen) atoms. The minimum absolute atomic E-state index is 0.157. The molecule has 1 N–H and O–H groups in total. The highest BCUT2D eigenvalue weighted by molar-refractivity contribution is 5.68. The molecule has 0 saturated heterocycles. The van der Waals surface area contributed by atoms with Gasteiger partial charge in [-0.25, -0.2) is 4.79 Å². The zero-order chi connectivity index (χ0) is 12.6. The molecule has 0 aromatic rings. The van der Waals surface area contributed by atoms with Gasteiger partial charge in [-0.3, -0.25) is 0 Å². The van der Waals surface area contributed by atoms with E-state index < -0.39 is 17.7 Å². The molecular formula is C9H15N5O2. The van der Waals surface area contributed by atoms with Gasteiger partial charge in [0.1, 0.15) is 11.6 Å². The Morgan fingerprint density at radius 1 is 1.69 bits per heavy atom. The molecule has 1 amide bonds. The van der Waals surface area contributed by atoms with E-state index in [1.807, 2.05) is 6.07 Å². The van der Waals surface area contributed by atoms with E-state index >= 15 is 0 Å². The van der Waals surface area contributed by atoms with Crippen LogP contribution in [0.4, 0.5) is 4.79 Å². The first-order valence-corrected chi connectivity index (χ1v) is 4.79. The Labute approximate surface area is 94.0 Å². The first kappa shape index (κ1) is 14.1. The lowest BCUT2D eigenvalue weighted by molar-refractivity contribution is 0.0514. The number of azide groups is 1. The number of carbonyl (C=O) groups is 1. The average Bonchev–Trinajstić information content (AvgIpc) is 2.13. The highest BCUT2D eigenvalue weighted by Gasteiger charge is 2.18. The van der Waals surface area contributed by atoms with Crippen molar-refractivity contribution in [2.45, 2.75) is 38.8 Å². The first-order valence-electron chi connectivity index (χ1n) is 4.79. The third kappa shape index (κ3) is 7.47. The van der Waals surface area contributed by atoms with Crippen molar-refractivity contribution in [1.29, 1.82) is 5.26 Å². The van der Waals surface area contributed by atoms with Crippen LogP contribution in [0.2, 0.25) is 0 Å². The average molecular weight is 225 g/mol. The molecule has 88 valence electrons. The van der Waals surface area contributed by atoms with Crippen LogP contribution in [-0.4, -0.2) is 24.3 Å². The number of nitriles is 1. The van der Waals surface area contributed by atoms with Gasteiger partial charge in [0.2, 0.25) is 0 Å². The summed E-state index contributed by atoms with van der Waals surface area (Å²) >= 11 is 0. The summed E-state index contributed by atoms with van der Waals surface area (Å²) < 4.78 is 4.97. The number of nitrogens with one attached hydrogen (secondary N) is 1. The number of ether oxygens (including phenoxy) is 1. The van der Waals surface area contributed by atoms with Crippen molar-refractivity contribution in [3.63, 3.8) is 0 Å². The van der Waals surface area contributed by atoms with Gasteiger partial charge in [0.15, 0.2) is 0 Å². The summed E-state index contributed by atoms with van der Waals surface area (Å²) in [4.78, 5) is 13.8. The van der Waals surface area contributed by atoms with Crippen molar-refractivity contribution >= 4 is 6.09 Å². The van der Waals surface area contributed by atoms with Crippen LogP contribution in [0.3, 0.4) is 0 Å². The lowest BCUT2D eigenvalue weighted by Gasteiger charge is -2.20. The van der Waals surface area contributed by atoms with Gasteiger partial charge in [0.05, 0.1) is 6.07 Å². The molecule has 0 fully saturated rings. The molecule has 0 spiro atoms. The van der Waals surface area contributed by atoms with Crippen LogP contribution in [-0.2, 0) is 4.74 Å². The predicted octanol–water partition coefficient (Wildman–Crippen LogP) is 2.10. The van der Waals surface area contributed by atoms with Crippen molar-refractivity contribution < 1.29 is 9.53 Å². The summed E-state index contributed by atoms with van der Waals surface area (Å²) in [6, 6.07) is 1.17. The fourth-order valence-corrected chi connectivity index (χ4v) is 0.850. The molecule has 0 radical (unpaired) electrons. The van der Waals surface area contributed by atoms with Crippen LogP contribution in [0.5, 0.6) is 0 Å². The van der Waals surface area contributed by atoms with Gasteiger partial charge in [-0.15, -0.1) is 0 Å². The second kappa shape index (κ2) is 6.53. The van der Waals surface area contributed by atoms with Crippen molar-refractivity contribution in [2.24, 2.45) is 5.11 Å². The van der Waals surface area contributed by atoms with Crippen LogP contribution in [0.1, 0.15) is 27.2 Å². The van der Waals surface area contributed by atoms with Gasteiger partial charge in [0.25, 0.3) is 0 Å². The number of carbonyl (C=O) groups excluding carboxylic acids is 1. The molecule has 0 aliphatic heterocycles. The zero-order valence-electron chi connectivity index (χ0n) is 9.60. The van der Waals surface area contributed by atoms with E-state index in [1.54, 1.807) is 20.8 Å². The van der Waals surface area contributed by atoms with Crippen LogP contribution < -0.4 is 5.32 Å². The topological polar surface area (TPSA) is 111 Å². The minimum atomic E-state index is -0.708. The molecule has 1 atom stereocenters. The van der Waals surface area contributed by atoms with E-state index in [1.165, 1.54) is 0 Å². The standard InChI is InChI=1S/C9H15N5O2/c1-9(2,3)16-8(15)13-7(6-10)4-5-12-14-11/h7H,4-5H2,1-3H3,(H,13,15)/t7-/m0/s1. The number of rotatable bonds is 4. The Kier molecular flexibility index (Phi) is 5.75. The summed E-state index contributed by atoms with van der Waals surface area (Å²) in [6.45, 7) is 5.35. The molecule has 0 aliphatic carbocycles. The summed E-state index contributed by atoms with van der Waals surface area (Å²) in [5, 5.41) is 14.4. The molecule has 0 heterocycles. The number of hydrogen-bond donors (Lipinski definition) is 1. The highest BCUT2D eigenvalue weighted by Crippen LogP contribution is 2.07. The van der Waals surface area contributed by atoms with Crippen molar-refractivity contribution in [3.8, 4) is 6.07 Å². The molecule has 0 saturated carbocycles. The minimum Gasteiger partial charge on any atom is -0.444 e. The monoisotopic (exact) mass is 225 g/mol. The fraction of sp³-hybridized carbons (Fsp3) is 0.778. The summed E-state index contributed by atoms with van der Waals surface area (Å²) in [6.07, 6.45) is -0.389. The Morgan fingerprint density at radius 3 is 2.75 bits per heavy atom.